The summed E-state index contributed by atoms with van der Waals surface area (Å²) >= 11 is 0. The number of para-hydroxylation sites is 1. The lowest BCUT2D eigenvalue weighted by molar-refractivity contribution is 0.0598. The molecule has 1 amide bonds. The number of aromatic nitrogens is 1. The van der Waals surface area contributed by atoms with E-state index in [0.29, 0.717) is 23.6 Å². The van der Waals surface area contributed by atoms with Crippen LogP contribution in [-0.4, -0.2) is 36.7 Å². The largest absolute Gasteiger partial charge is 0.493 e. The highest BCUT2D eigenvalue weighted by Gasteiger charge is 2.32. The summed E-state index contributed by atoms with van der Waals surface area (Å²) in [5, 5.41) is 4.12. The molecule has 0 unspecified atom stereocenters. The van der Waals surface area contributed by atoms with E-state index in [1.54, 1.807) is 32.4 Å². The van der Waals surface area contributed by atoms with Crippen LogP contribution in [0.4, 0.5) is 0 Å². The molecule has 1 aliphatic rings. The van der Waals surface area contributed by atoms with Gasteiger partial charge in [0.05, 0.1) is 25.8 Å². The van der Waals surface area contributed by atoms with Gasteiger partial charge in [0.15, 0.2) is 11.5 Å². The van der Waals surface area contributed by atoms with Gasteiger partial charge in [-0.1, -0.05) is 11.2 Å². The standard InChI is InChI=1S/C18H22N2O4/c1-12-11-14(19-24-12)15-8-4-5-10-20(15)18(21)13-7-6-9-16(22-2)17(13)23-3/h6-7,9,11,15H,4-5,8,10H2,1-3H3/t15-/m1/s1. The molecule has 0 N–H and O–H groups in total. The van der Waals surface area contributed by atoms with Gasteiger partial charge in [-0.15, -0.1) is 0 Å². The van der Waals surface area contributed by atoms with Crippen LogP contribution >= 0.6 is 0 Å². The molecule has 0 aliphatic carbocycles. The number of hydrogen-bond donors (Lipinski definition) is 0. The molecule has 1 atom stereocenters. The number of carbonyl (C=O) groups excluding carboxylic acids is 1. The van der Waals surface area contributed by atoms with Crippen LogP contribution in [0, 0.1) is 6.92 Å². The van der Waals surface area contributed by atoms with E-state index in [9.17, 15) is 4.79 Å². The molecule has 3 rings (SSSR count). The van der Waals surface area contributed by atoms with Gasteiger partial charge in [0.25, 0.3) is 5.91 Å². The molecular weight excluding hydrogens is 308 g/mol. The Labute approximate surface area is 141 Å². The fourth-order valence-electron chi connectivity index (χ4n) is 3.24. The third kappa shape index (κ3) is 2.96. The van der Waals surface area contributed by atoms with Gasteiger partial charge >= 0.3 is 0 Å². The molecule has 1 fully saturated rings. The second-order valence-corrected chi connectivity index (χ2v) is 5.91. The number of carbonyl (C=O) groups is 1. The van der Waals surface area contributed by atoms with Crippen LogP contribution < -0.4 is 9.47 Å². The monoisotopic (exact) mass is 330 g/mol. The van der Waals surface area contributed by atoms with Gasteiger partial charge < -0.3 is 18.9 Å². The Bertz CT molecular complexity index is 726. The Balaban J connectivity index is 1.95. The predicted octanol–water partition coefficient (Wildman–Crippen LogP) is 3.37. The minimum atomic E-state index is -0.0731. The van der Waals surface area contributed by atoms with E-state index in [2.05, 4.69) is 5.16 Å². The molecule has 0 bridgehead atoms. The second kappa shape index (κ2) is 6.95. The zero-order chi connectivity index (χ0) is 17.1. The molecule has 0 spiro atoms. The molecule has 6 nitrogen and oxygen atoms in total. The van der Waals surface area contributed by atoms with Crippen molar-refractivity contribution >= 4 is 5.91 Å². The first kappa shape index (κ1) is 16.4. The SMILES string of the molecule is COc1cccc(C(=O)N2CCCC[C@@H]2c2cc(C)on2)c1OC. The van der Waals surface area contributed by atoms with Crippen LogP contribution in [0.15, 0.2) is 28.8 Å². The smallest absolute Gasteiger partial charge is 0.258 e. The molecule has 1 aliphatic heterocycles. The van der Waals surface area contributed by atoms with Gasteiger partial charge in [-0.05, 0) is 38.3 Å². The number of piperidine rings is 1. The van der Waals surface area contributed by atoms with Gasteiger partial charge in [-0.2, -0.15) is 0 Å². The Kier molecular flexibility index (Phi) is 4.74. The summed E-state index contributed by atoms with van der Waals surface area (Å²) in [6.45, 7) is 2.55. The van der Waals surface area contributed by atoms with E-state index in [4.69, 9.17) is 14.0 Å². The third-order valence-corrected chi connectivity index (χ3v) is 4.38. The van der Waals surface area contributed by atoms with Crippen molar-refractivity contribution in [2.75, 3.05) is 20.8 Å². The van der Waals surface area contributed by atoms with Crippen molar-refractivity contribution in [3.8, 4) is 11.5 Å². The number of benzene rings is 1. The summed E-state index contributed by atoms with van der Waals surface area (Å²) in [4.78, 5) is 15.0. The fraction of sp³-hybridized carbons (Fsp3) is 0.444. The molecule has 2 aromatic rings. The molecule has 1 aromatic heterocycles. The van der Waals surface area contributed by atoms with Crippen molar-refractivity contribution in [1.29, 1.82) is 0 Å². The zero-order valence-corrected chi connectivity index (χ0v) is 14.2. The Morgan fingerprint density at radius 2 is 2.12 bits per heavy atom. The molecule has 0 radical (unpaired) electrons. The van der Waals surface area contributed by atoms with Crippen LogP contribution in [0.1, 0.15) is 47.1 Å². The number of nitrogens with zero attached hydrogens (tertiary/aromatic N) is 2. The molecule has 0 saturated carbocycles. The minimum absolute atomic E-state index is 0.0698. The molecule has 2 heterocycles. The van der Waals surface area contributed by atoms with E-state index in [1.807, 2.05) is 17.9 Å². The van der Waals surface area contributed by atoms with E-state index < -0.39 is 0 Å². The number of ether oxygens (including phenoxy) is 2. The van der Waals surface area contributed by atoms with Crippen molar-refractivity contribution < 1.29 is 18.8 Å². The van der Waals surface area contributed by atoms with Crippen LogP contribution in [0.5, 0.6) is 11.5 Å². The lowest BCUT2D eigenvalue weighted by Crippen LogP contribution is -2.38. The number of amides is 1. The number of rotatable bonds is 4. The first-order chi connectivity index (χ1) is 11.7. The number of methoxy groups -OCH3 is 2. The van der Waals surface area contributed by atoms with Crippen LogP contribution in [0.2, 0.25) is 0 Å². The van der Waals surface area contributed by atoms with Crippen LogP contribution in [-0.2, 0) is 0 Å². The highest BCUT2D eigenvalue weighted by molar-refractivity contribution is 5.98. The van der Waals surface area contributed by atoms with Crippen LogP contribution in [0.25, 0.3) is 0 Å². The Hall–Kier alpha value is -2.50. The zero-order valence-electron chi connectivity index (χ0n) is 14.2. The number of aryl methyl sites for hydroxylation is 1. The summed E-state index contributed by atoms with van der Waals surface area (Å²) in [6, 6.07) is 7.18. The third-order valence-electron chi connectivity index (χ3n) is 4.38. The first-order valence-corrected chi connectivity index (χ1v) is 8.11. The van der Waals surface area contributed by atoms with Crippen molar-refractivity contribution in [2.45, 2.75) is 32.2 Å². The Morgan fingerprint density at radius 1 is 1.29 bits per heavy atom. The lowest BCUT2D eigenvalue weighted by Gasteiger charge is -2.34. The molecule has 128 valence electrons. The first-order valence-electron chi connectivity index (χ1n) is 8.11. The molecule has 24 heavy (non-hydrogen) atoms. The molecule has 1 aromatic carbocycles. The highest BCUT2D eigenvalue weighted by Crippen LogP contribution is 2.36. The fourth-order valence-corrected chi connectivity index (χ4v) is 3.24. The van der Waals surface area contributed by atoms with Gasteiger partial charge in [0, 0.05) is 12.6 Å². The highest BCUT2D eigenvalue weighted by atomic mass is 16.5. The summed E-state index contributed by atoms with van der Waals surface area (Å²) < 4.78 is 15.9. The summed E-state index contributed by atoms with van der Waals surface area (Å²) in [5.41, 5.74) is 1.31. The normalized spacial score (nSPS) is 17.6. The maximum Gasteiger partial charge on any atom is 0.258 e. The molecule has 6 heteroatoms. The average molecular weight is 330 g/mol. The minimum Gasteiger partial charge on any atom is -0.493 e. The van der Waals surface area contributed by atoms with Crippen molar-refractivity contribution in [3.63, 3.8) is 0 Å². The topological polar surface area (TPSA) is 64.8 Å². The Morgan fingerprint density at radius 3 is 2.79 bits per heavy atom. The van der Waals surface area contributed by atoms with Gasteiger partial charge in [-0.3, -0.25) is 4.79 Å². The molecule has 1 saturated heterocycles. The van der Waals surface area contributed by atoms with Crippen molar-refractivity contribution in [2.24, 2.45) is 0 Å². The maximum atomic E-state index is 13.2. The van der Waals surface area contributed by atoms with E-state index in [-0.39, 0.29) is 11.9 Å². The lowest BCUT2D eigenvalue weighted by atomic mass is 9.97. The maximum absolute atomic E-state index is 13.2. The van der Waals surface area contributed by atoms with Crippen molar-refractivity contribution in [3.05, 3.63) is 41.3 Å². The number of hydrogen-bond acceptors (Lipinski definition) is 5. The van der Waals surface area contributed by atoms with Gasteiger partial charge in [-0.25, -0.2) is 0 Å². The van der Waals surface area contributed by atoms with E-state index in [1.165, 1.54) is 0 Å². The quantitative estimate of drug-likeness (QED) is 0.860. The van der Waals surface area contributed by atoms with Gasteiger partial charge in [0.2, 0.25) is 0 Å². The van der Waals surface area contributed by atoms with Crippen molar-refractivity contribution in [1.82, 2.24) is 10.1 Å². The summed E-state index contributed by atoms with van der Waals surface area (Å²) in [7, 11) is 3.11. The van der Waals surface area contributed by atoms with Crippen LogP contribution in [0.3, 0.4) is 0 Å². The van der Waals surface area contributed by atoms with E-state index in [0.717, 1.165) is 30.7 Å². The number of likely N-dealkylation sites (tertiary alicyclic amines) is 1. The van der Waals surface area contributed by atoms with E-state index >= 15 is 0 Å². The molecular formula is C18H22N2O4. The van der Waals surface area contributed by atoms with Gasteiger partial charge in [0.1, 0.15) is 11.5 Å². The predicted molar refractivity (Wildman–Crippen MR) is 88.4 cm³/mol. The summed E-state index contributed by atoms with van der Waals surface area (Å²) in [6.07, 6.45) is 2.92. The average Bonchev–Trinajstić information content (AvgIpc) is 3.06. The second-order valence-electron chi connectivity index (χ2n) is 5.91. The summed E-state index contributed by atoms with van der Waals surface area (Å²) in [5.74, 6) is 1.69.